The van der Waals surface area contributed by atoms with Crippen molar-refractivity contribution >= 4 is 27.7 Å². The van der Waals surface area contributed by atoms with Crippen molar-refractivity contribution in [3.05, 3.63) is 34.3 Å². The largest absolute Gasteiger partial charge is 0.317 e. The van der Waals surface area contributed by atoms with Crippen LogP contribution in [0, 0.1) is 5.92 Å². The standard InChI is InChI=1S/C14H20BrNS/c15-14-5-3-13(4-6-14)11-17-10-12-2-1-8-16-9-7-12/h3-6,12,16H,1-2,7-11H2. The van der Waals surface area contributed by atoms with E-state index in [1.807, 2.05) is 0 Å². The van der Waals surface area contributed by atoms with Crippen LogP contribution >= 0.6 is 27.7 Å². The lowest BCUT2D eigenvalue weighted by Gasteiger charge is -2.12. The van der Waals surface area contributed by atoms with Crippen molar-refractivity contribution in [2.24, 2.45) is 5.92 Å². The topological polar surface area (TPSA) is 12.0 Å². The third-order valence-electron chi connectivity index (χ3n) is 3.23. The molecule has 1 aromatic carbocycles. The SMILES string of the molecule is Brc1ccc(CSCC2CCCNCC2)cc1. The van der Waals surface area contributed by atoms with Crippen molar-refractivity contribution in [2.45, 2.75) is 25.0 Å². The second kappa shape index (κ2) is 7.45. The van der Waals surface area contributed by atoms with Gasteiger partial charge in [-0.05, 0) is 61.7 Å². The van der Waals surface area contributed by atoms with Gasteiger partial charge in [0.2, 0.25) is 0 Å². The minimum atomic E-state index is 0.922. The number of benzene rings is 1. The Balaban J connectivity index is 1.69. The van der Waals surface area contributed by atoms with Gasteiger partial charge in [-0.1, -0.05) is 28.1 Å². The molecule has 0 saturated carbocycles. The van der Waals surface area contributed by atoms with Crippen molar-refractivity contribution < 1.29 is 0 Å². The average molecular weight is 314 g/mol. The molecule has 1 heterocycles. The fraction of sp³-hybridized carbons (Fsp3) is 0.571. The molecule has 3 heteroatoms. The summed E-state index contributed by atoms with van der Waals surface area (Å²) < 4.78 is 1.17. The zero-order valence-electron chi connectivity index (χ0n) is 10.1. The summed E-state index contributed by atoms with van der Waals surface area (Å²) in [7, 11) is 0. The Morgan fingerprint density at radius 2 is 2.00 bits per heavy atom. The van der Waals surface area contributed by atoms with E-state index < -0.39 is 0 Å². The Bertz CT molecular complexity index is 317. The summed E-state index contributed by atoms with van der Waals surface area (Å²) in [5, 5.41) is 3.48. The van der Waals surface area contributed by atoms with Gasteiger partial charge in [-0.2, -0.15) is 11.8 Å². The average Bonchev–Trinajstić information content (AvgIpc) is 2.60. The molecule has 0 aromatic heterocycles. The van der Waals surface area contributed by atoms with Gasteiger partial charge in [0.05, 0.1) is 0 Å². The predicted molar refractivity (Wildman–Crippen MR) is 80.5 cm³/mol. The van der Waals surface area contributed by atoms with Crippen LogP contribution < -0.4 is 5.32 Å². The van der Waals surface area contributed by atoms with Crippen molar-refractivity contribution in [2.75, 3.05) is 18.8 Å². The zero-order valence-corrected chi connectivity index (χ0v) is 12.5. The van der Waals surface area contributed by atoms with Crippen LogP contribution in [0.3, 0.4) is 0 Å². The van der Waals surface area contributed by atoms with Gasteiger partial charge < -0.3 is 5.32 Å². The van der Waals surface area contributed by atoms with E-state index in [2.05, 4.69) is 57.3 Å². The van der Waals surface area contributed by atoms with E-state index in [1.54, 1.807) is 0 Å². The summed E-state index contributed by atoms with van der Waals surface area (Å²) in [6, 6.07) is 8.69. The molecule has 1 aliphatic rings. The van der Waals surface area contributed by atoms with Gasteiger partial charge in [0.15, 0.2) is 0 Å². The van der Waals surface area contributed by atoms with Gasteiger partial charge >= 0.3 is 0 Å². The monoisotopic (exact) mass is 313 g/mol. The zero-order chi connectivity index (χ0) is 11.9. The summed E-state index contributed by atoms with van der Waals surface area (Å²) >= 11 is 5.56. The maximum atomic E-state index is 3.48. The van der Waals surface area contributed by atoms with E-state index in [-0.39, 0.29) is 0 Å². The summed E-state index contributed by atoms with van der Waals surface area (Å²) in [4.78, 5) is 0. The minimum absolute atomic E-state index is 0.922. The summed E-state index contributed by atoms with van der Waals surface area (Å²) in [5.41, 5.74) is 1.44. The summed E-state index contributed by atoms with van der Waals surface area (Å²) in [6.45, 7) is 2.43. The van der Waals surface area contributed by atoms with Gasteiger partial charge in [-0.25, -0.2) is 0 Å². The lowest BCUT2D eigenvalue weighted by atomic mass is 10.0. The molecule has 0 bridgehead atoms. The molecule has 1 nitrogen and oxygen atoms in total. The minimum Gasteiger partial charge on any atom is -0.317 e. The highest BCUT2D eigenvalue weighted by atomic mass is 79.9. The van der Waals surface area contributed by atoms with Crippen LogP contribution in [0.5, 0.6) is 0 Å². The number of hydrogen-bond donors (Lipinski definition) is 1. The maximum Gasteiger partial charge on any atom is 0.0184 e. The van der Waals surface area contributed by atoms with Crippen molar-refractivity contribution in [1.29, 1.82) is 0 Å². The molecule has 1 N–H and O–H groups in total. The third-order valence-corrected chi connectivity index (χ3v) is 5.00. The van der Waals surface area contributed by atoms with Crippen molar-refractivity contribution in [3.63, 3.8) is 0 Å². The second-order valence-electron chi connectivity index (χ2n) is 4.69. The fourth-order valence-corrected chi connectivity index (χ4v) is 3.66. The first-order valence-electron chi connectivity index (χ1n) is 6.37. The number of halogens is 1. The van der Waals surface area contributed by atoms with E-state index in [0.29, 0.717) is 0 Å². The van der Waals surface area contributed by atoms with E-state index in [4.69, 9.17) is 0 Å². The number of hydrogen-bond acceptors (Lipinski definition) is 2. The molecule has 2 rings (SSSR count). The molecular weight excluding hydrogens is 294 g/mol. The molecule has 0 amide bonds. The highest BCUT2D eigenvalue weighted by Crippen LogP contribution is 2.22. The first kappa shape index (κ1) is 13.4. The van der Waals surface area contributed by atoms with E-state index in [9.17, 15) is 0 Å². The van der Waals surface area contributed by atoms with Crippen LogP contribution in [0.2, 0.25) is 0 Å². The molecule has 0 spiro atoms. The Kier molecular flexibility index (Phi) is 5.89. The highest BCUT2D eigenvalue weighted by Gasteiger charge is 2.11. The van der Waals surface area contributed by atoms with Crippen molar-refractivity contribution in [3.8, 4) is 0 Å². The quantitative estimate of drug-likeness (QED) is 0.899. The number of thioether (sulfide) groups is 1. The maximum absolute atomic E-state index is 3.48. The molecule has 1 aromatic rings. The second-order valence-corrected chi connectivity index (χ2v) is 6.63. The van der Waals surface area contributed by atoms with Crippen molar-refractivity contribution in [1.82, 2.24) is 5.32 Å². The van der Waals surface area contributed by atoms with Crippen LogP contribution in [-0.4, -0.2) is 18.8 Å². The van der Waals surface area contributed by atoms with Gasteiger partial charge in [0, 0.05) is 10.2 Å². The Labute approximate surface area is 117 Å². The molecule has 1 saturated heterocycles. The lowest BCUT2D eigenvalue weighted by molar-refractivity contribution is 0.528. The molecule has 1 unspecified atom stereocenters. The molecule has 17 heavy (non-hydrogen) atoms. The molecule has 1 aliphatic heterocycles. The Morgan fingerprint density at radius 1 is 1.18 bits per heavy atom. The van der Waals surface area contributed by atoms with Crippen LogP contribution in [0.4, 0.5) is 0 Å². The Morgan fingerprint density at radius 3 is 2.82 bits per heavy atom. The van der Waals surface area contributed by atoms with Gasteiger partial charge in [0.25, 0.3) is 0 Å². The molecule has 94 valence electrons. The van der Waals surface area contributed by atoms with E-state index in [1.165, 1.54) is 48.1 Å². The van der Waals surface area contributed by atoms with Crippen LogP contribution in [0.25, 0.3) is 0 Å². The van der Waals surface area contributed by atoms with Crippen LogP contribution in [0.15, 0.2) is 28.7 Å². The molecule has 0 radical (unpaired) electrons. The van der Waals surface area contributed by atoms with Crippen LogP contribution in [-0.2, 0) is 5.75 Å². The van der Waals surface area contributed by atoms with Crippen LogP contribution in [0.1, 0.15) is 24.8 Å². The molecule has 1 fully saturated rings. The van der Waals surface area contributed by atoms with Gasteiger partial charge in [-0.15, -0.1) is 0 Å². The molecular formula is C14H20BrNS. The normalized spacial score (nSPS) is 21.1. The van der Waals surface area contributed by atoms with E-state index >= 15 is 0 Å². The number of nitrogens with one attached hydrogen (secondary N) is 1. The third kappa shape index (κ3) is 5.02. The van der Waals surface area contributed by atoms with Gasteiger partial charge in [0.1, 0.15) is 0 Å². The predicted octanol–water partition coefficient (Wildman–Crippen LogP) is 4.07. The first-order chi connectivity index (χ1) is 8.34. The smallest absolute Gasteiger partial charge is 0.0184 e. The lowest BCUT2D eigenvalue weighted by Crippen LogP contribution is -2.14. The number of rotatable bonds is 4. The molecule has 1 atom stereocenters. The first-order valence-corrected chi connectivity index (χ1v) is 8.32. The highest BCUT2D eigenvalue weighted by molar-refractivity contribution is 9.10. The summed E-state index contributed by atoms with van der Waals surface area (Å²) in [6.07, 6.45) is 4.11. The Hall–Kier alpha value is 0.01000. The van der Waals surface area contributed by atoms with E-state index in [0.717, 1.165) is 11.7 Å². The van der Waals surface area contributed by atoms with Gasteiger partial charge in [-0.3, -0.25) is 0 Å². The fourth-order valence-electron chi connectivity index (χ4n) is 2.18. The summed E-state index contributed by atoms with van der Waals surface area (Å²) in [5.74, 6) is 3.39. The molecule has 0 aliphatic carbocycles.